The fourth-order valence-electron chi connectivity index (χ4n) is 3.46. The first-order valence-electron chi connectivity index (χ1n) is 10.2. The average molecular weight is 417 g/mol. The van der Waals surface area contributed by atoms with E-state index in [2.05, 4.69) is 47.6 Å². The van der Waals surface area contributed by atoms with E-state index in [1.165, 1.54) is 9.75 Å². The van der Waals surface area contributed by atoms with Gasteiger partial charge in [-0.1, -0.05) is 18.2 Å². The predicted molar refractivity (Wildman–Crippen MR) is 120 cm³/mol. The number of aliphatic imine (C=N–C) groups is 1. The zero-order valence-electron chi connectivity index (χ0n) is 17.6. The van der Waals surface area contributed by atoms with Crippen molar-refractivity contribution in [2.75, 3.05) is 46.5 Å². The number of hydrogen-bond acceptors (Lipinski definition) is 5. The van der Waals surface area contributed by atoms with Gasteiger partial charge in [0, 0.05) is 41.5 Å². The van der Waals surface area contributed by atoms with Gasteiger partial charge in [0.2, 0.25) is 0 Å². The Morgan fingerprint density at radius 3 is 2.69 bits per heavy atom. The van der Waals surface area contributed by atoms with Crippen molar-refractivity contribution in [2.24, 2.45) is 4.99 Å². The fourth-order valence-corrected chi connectivity index (χ4v) is 4.48. The molecule has 2 aromatic rings. The van der Waals surface area contributed by atoms with E-state index in [1.54, 1.807) is 7.11 Å². The second-order valence-corrected chi connectivity index (χ2v) is 8.32. The van der Waals surface area contributed by atoms with Crippen LogP contribution in [0.15, 0.2) is 41.4 Å². The van der Waals surface area contributed by atoms with Crippen LogP contribution in [0, 0.1) is 6.92 Å². The normalized spacial score (nSPS) is 16.4. The van der Waals surface area contributed by atoms with Crippen LogP contribution in [-0.2, 0) is 11.3 Å². The maximum atomic E-state index is 5.56. The van der Waals surface area contributed by atoms with Gasteiger partial charge in [0.1, 0.15) is 5.75 Å². The molecular weight excluding hydrogens is 384 g/mol. The van der Waals surface area contributed by atoms with Crippen molar-refractivity contribution in [3.05, 3.63) is 51.7 Å². The minimum Gasteiger partial charge on any atom is -0.496 e. The molecule has 1 aromatic carbocycles. The number of benzene rings is 1. The Hall–Kier alpha value is -2.09. The van der Waals surface area contributed by atoms with Crippen LogP contribution in [0.4, 0.5) is 0 Å². The van der Waals surface area contributed by atoms with E-state index < -0.39 is 0 Å². The van der Waals surface area contributed by atoms with Gasteiger partial charge < -0.3 is 20.1 Å². The number of methoxy groups -OCH3 is 1. The average Bonchev–Trinajstić information content (AvgIpc) is 3.19. The Balaban J connectivity index is 1.70. The topological polar surface area (TPSA) is 58.1 Å². The SMILES string of the molecule is CCNC(=NCc1ccccc1OC)NCC(c1ccc(C)s1)N1CCOCC1. The zero-order chi connectivity index (χ0) is 20.5. The molecule has 29 heavy (non-hydrogen) atoms. The van der Waals surface area contributed by atoms with E-state index in [0.29, 0.717) is 12.6 Å². The highest BCUT2D eigenvalue weighted by atomic mass is 32.1. The summed E-state index contributed by atoms with van der Waals surface area (Å²) in [7, 11) is 1.70. The van der Waals surface area contributed by atoms with Gasteiger partial charge >= 0.3 is 0 Å². The lowest BCUT2D eigenvalue weighted by molar-refractivity contribution is 0.0177. The van der Waals surface area contributed by atoms with Crippen LogP contribution in [0.3, 0.4) is 0 Å². The summed E-state index contributed by atoms with van der Waals surface area (Å²) in [5, 5.41) is 6.92. The van der Waals surface area contributed by atoms with Crippen LogP contribution in [0.5, 0.6) is 5.75 Å². The summed E-state index contributed by atoms with van der Waals surface area (Å²) < 4.78 is 11.0. The number of nitrogens with one attached hydrogen (secondary N) is 2. The summed E-state index contributed by atoms with van der Waals surface area (Å²) in [5.41, 5.74) is 1.07. The molecule has 1 aromatic heterocycles. The molecule has 1 saturated heterocycles. The molecule has 0 bridgehead atoms. The maximum Gasteiger partial charge on any atom is 0.191 e. The molecule has 0 spiro atoms. The van der Waals surface area contributed by atoms with Gasteiger partial charge in [-0.3, -0.25) is 4.90 Å². The molecule has 1 fully saturated rings. The van der Waals surface area contributed by atoms with E-state index in [0.717, 1.165) is 56.7 Å². The van der Waals surface area contributed by atoms with E-state index in [1.807, 2.05) is 29.5 Å². The van der Waals surface area contributed by atoms with Crippen LogP contribution >= 0.6 is 11.3 Å². The molecular formula is C22H32N4O2S. The third-order valence-electron chi connectivity index (χ3n) is 4.98. The lowest BCUT2D eigenvalue weighted by atomic mass is 10.2. The Morgan fingerprint density at radius 1 is 1.21 bits per heavy atom. The van der Waals surface area contributed by atoms with Crippen LogP contribution in [0.1, 0.15) is 28.3 Å². The van der Waals surface area contributed by atoms with Gasteiger partial charge in [-0.2, -0.15) is 0 Å². The summed E-state index contributed by atoms with van der Waals surface area (Å²) >= 11 is 1.87. The van der Waals surface area contributed by atoms with Gasteiger partial charge in [0.15, 0.2) is 5.96 Å². The Labute approximate surface area is 177 Å². The van der Waals surface area contributed by atoms with E-state index in [-0.39, 0.29) is 0 Å². The van der Waals surface area contributed by atoms with Crippen LogP contribution in [0.25, 0.3) is 0 Å². The molecule has 1 aliphatic heterocycles. The van der Waals surface area contributed by atoms with E-state index >= 15 is 0 Å². The van der Waals surface area contributed by atoms with E-state index in [9.17, 15) is 0 Å². The second-order valence-electron chi connectivity index (χ2n) is 7.00. The number of morpholine rings is 1. The van der Waals surface area contributed by atoms with Gasteiger partial charge in [-0.15, -0.1) is 11.3 Å². The monoisotopic (exact) mass is 416 g/mol. The van der Waals surface area contributed by atoms with Crippen LogP contribution in [0.2, 0.25) is 0 Å². The van der Waals surface area contributed by atoms with Crippen molar-refractivity contribution in [1.29, 1.82) is 0 Å². The largest absolute Gasteiger partial charge is 0.496 e. The summed E-state index contributed by atoms with van der Waals surface area (Å²) in [4.78, 5) is 10.0. The summed E-state index contributed by atoms with van der Waals surface area (Å²) in [5.74, 6) is 1.69. The molecule has 2 N–H and O–H groups in total. The molecule has 1 atom stereocenters. The number of aryl methyl sites for hydroxylation is 1. The van der Waals surface area contributed by atoms with Crippen molar-refractivity contribution < 1.29 is 9.47 Å². The van der Waals surface area contributed by atoms with Crippen molar-refractivity contribution in [1.82, 2.24) is 15.5 Å². The molecule has 0 amide bonds. The third kappa shape index (κ3) is 6.19. The molecule has 0 aliphatic carbocycles. The lowest BCUT2D eigenvalue weighted by Gasteiger charge is -2.34. The molecule has 0 saturated carbocycles. The molecule has 158 valence electrons. The van der Waals surface area contributed by atoms with Gasteiger partial charge in [-0.05, 0) is 32.0 Å². The standard InChI is InChI=1S/C22H32N4O2S/c1-4-23-22(24-15-18-7-5-6-8-20(18)27-3)25-16-19(21-10-9-17(2)29-21)26-11-13-28-14-12-26/h5-10,19H,4,11-16H2,1-3H3,(H2,23,24,25). The molecule has 2 heterocycles. The first kappa shape index (κ1) is 21.6. The number of guanidine groups is 1. The Morgan fingerprint density at radius 2 is 2.00 bits per heavy atom. The molecule has 1 aliphatic rings. The number of thiophene rings is 1. The summed E-state index contributed by atoms with van der Waals surface area (Å²) in [6.07, 6.45) is 0. The quantitative estimate of drug-likeness (QED) is 0.511. The first-order valence-corrected chi connectivity index (χ1v) is 11.0. The lowest BCUT2D eigenvalue weighted by Crippen LogP contribution is -2.46. The van der Waals surface area contributed by atoms with Crippen molar-refractivity contribution >= 4 is 17.3 Å². The number of nitrogens with zero attached hydrogens (tertiary/aromatic N) is 2. The molecule has 7 heteroatoms. The Kier molecular flexibility index (Phi) is 8.34. The minimum absolute atomic E-state index is 0.313. The smallest absolute Gasteiger partial charge is 0.191 e. The van der Waals surface area contributed by atoms with Crippen molar-refractivity contribution in [2.45, 2.75) is 26.4 Å². The van der Waals surface area contributed by atoms with Crippen molar-refractivity contribution in [3.63, 3.8) is 0 Å². The van der Waals surface area contributed by atoms with Gasteiger partial charge in [0.05, 0.1) is 32.9 Å². The highest BCUT2D eigenvalue weighted by Crippen LogP contribution is 2.28. The number of ether oxygens (including phenoxy) is 2. The molecule has 6 nitrogen and oxygen atoms in total. The fraction of sp³-hybridized carbons (Fsp3) is 0.500. The highest BCUT2D eigenvalue weighted by Gasteiger charge is 2.24. The summed E-state index contributed by atoms with van der Waals surface area (Å²) in [6.45, 7) is 9.94. The van der Waals surface area contributed by atoms with E-state index in [4.69, 9.17) is 14.5 Å². The van der Waals surface area contributed by atoms with Gasteiger partial charge in [0.25, 0.3) is 0 Å². The van der Waals surface area contributed by atoms with Crippen molar-refractivity contribution in [3.8, 4) is 5.75 Å². The number of rotatable bonds is 8. The molecule has 1 unspecified atom stereocenters. The van der Waals surface area contributed by atoms with Crippen LogP contribution < -0.4 is 15.4 Å². The molecule has 3 rings (SSSR count). The second kappa shape index (κ2) is 11.2. The Bertz CT molecular complexity index is 787. The first-order chi connectivity index (χ1) is 14.2. The number of para-hydroxylation sites is 1. The maximum absolute atomic E-state index is 5.56. The third-order valence-corrected chi connectivity index (χ3v) is 6.09. The predicted octanol–water partition coefficient (Wildman–Crippen LogP) is 3.19. The van der Waals surface area contributed by atoms with Gasteiger partial charge in [-0.25, -0.2) is 4.99 Å². The zero-order valence-corrected chi connectivity index (χ0v) is 18.4. The van der Waals surface area contributed by atoms with Crippen LogP contribution in [-0.4, -0.2) is 57.4 Å². The molecule has 0 radical (unpaired) electrons. The minimum atomic E-state index is 0.313. The number of hydrogen-bond donors (Lipinski definition) is 2. The summed E-state index contributed by atoms with van der Waals surface area (Å²) in [6, 6.07) is 12.8. The highest BCUT2D eigenvalue weighted by molar-refractivity contribution is 7.12.